The van der Waals surface area contributed by atoms with Crippen molar-refractivity contribution in [2.75, 3.05) is 33.0 Å². The van der Waals surface area contributed by atoms with Crippen LogP contribution in [0.1, 0.15) is 24.0 Å². The van der Waals surface area contributed by atoms with Crippen molar-refractivity contribution in [3.63, 3.8) is 0 Å². The van der Waals surface area contributed by atoms with Crippen LogP contribution >= 0.6 is 0 Å². The maximum Gasteiger partial charge on any atom is 0.335 e. The van der Waals surface area contributed by atoms with Gasteiger partial charge in [-0.15, -0.1) is 0 Å². The van der Waals surface area contributed by atoms with Crippen LogP contribution in [-0.2, 0) is 19.1 Å². The molecule has 7 nitrogen and oxygen atoms in total. The van der Waals surface area contributed by atoms with Gasteiger partial charge in [0.25, 0.3) is 0 Å². The van der Waals surface area contributed by atoms with Gasteiger partial charge in [0.15, 0.2) is 0 Å². The van der Waals surface area contributed by atoms with Gasteiger partial charge in [0.2, 0.25) is 0 Å². The van der Waals surface area contributed by atoms with Crippen molar-refractivity contribution in [3.05, 3.63) is 84.5 Å². The maximum atomic E-state index is 11.4. The van der Waals surface area contributed by atoms with Gasteiger partial charge in [0.1, 0.15) is 11.5 Å². The van der Waals surface area contributed by atoms with E-state index < -0.39 is 18.5 Å². The van der Waals surface area contributed by atoms with E-state index in [0.29, 0.717) is 32.7 Å². The molecule has 0 heterocycles. The second kappa shape index (κ2) is 15.1. The molecule has 2 rings (SSSR count). The van der Waals surface area contributed by atoms with E-state index in [1.165, 1.54) is 0 Å². The summed E-state index contributed by atoms with van der Waals surface area (Å²) < 4.78 is 21.1. The molecule has 0 fully saturated rings. The first kappa shape index (κ1) is 26.4. The summed E-state index contributed by atoms with van der Waals surface area (Å²) in [5.74, 6) is 0.455. The third kappa shape index (κ3) is 10.2. The Hall–Kier alpha value is -3.84. The van der Waals surface area contributed by atoms with Crippen molar-refractivity contribution in [2.45, 2.75) is 12.8 Å². The summed E-state index contributed by atoms with van der Waals surface area (Å²) in [5, 5.41) is 8.81. The Kier molecular flexibility index (Phi) is 11.7. The van der Waals surface area contributed by atoms with Gasteiger partial charge in [-0.1, -0.05) is 49.6 Å². The number of aliphatic hydroxyl groups is 1. The Morgan fingerprint density at radius 2 is 1.24 bits per heavy atom. The SMILES string of the molecule is C=CC(=O)OCCCOc1ccc(/C=C/c2ccc(OCCCOC(=O)C(=C)CO)cc2)cc1. The van der Waals surface area contributed by atoms with Gasteiger partial charge in [-0.3, -0.25) is 0 Å². The first-order valence-electron chi connectivity index (χ1n) is 10.9. The molecule has 0 radical (unpaired) electrons. The summed E-state index contributed by atoms with van der Waals surface area (Å²) in [5.41, 5.74) is 2.10. The zero-order chi connectivity index (χ0) is 24.6. The highest BCUT2D eigenvalue weighted by Crippen LogP contribution is 2.17. The number of hydrogen-bond acceptors (Lipinski definition) is 7. The quantitative estimate of drug-likeness (QED) is 0.182. The number of esters is 2. The lowest BCUT2D eigenvalue weighted by Gasteiger charge is -2.08. The van der Waals surface area contributed by atoms with E-state index in [9.17, 15) is 9.59 Å². The van der Waals surface area contributed by atoms with Crippen LogP contribution in [0.5, 0.6) is 11.5 Å². The predicted molar refractivity (Wildman–Crippen MR) is 130 cm³/mol. The zero-order valence-electron chi connectivity index (χ0n) is 19.1. The van der Waals surface area contributed by atoms with Crippen molar-refractivity contribution in [1.29, 1.82) is 0 Å². The molecule has 0 amide bonds. The molecule has 0 saturated carbocycles. The van der Waals surface area contributed by atoms with E-state index in [-0.39, 0.29) is 12.2 Å². The highest BCUT2D eigenvalue weighted by Gasteiger charge is 2.06. The summed E-state index contributed by atoms with van der Waals surface area (Å²) in [7, 11) is 0. The van der Waals surface area contributed by atoms with Crippen LogP contribution in [0.15, 0.2) is 73.3 Å². The van der Waals surface area contributed by atoms with E-state index in [1.54, 1.807) is 0 Å². The first-order chi connectivity index (χ1) is 16.5. The van der Waals surface area contributed by atoms with E-state index in [0.717, 1.165) is 28.7 Å². The van der Waals surface area contributed by atoms with E-state index in [4.69, 9.17) is 24.1 Å². The minimum Gasteiger partial charge on any atom is -0.493 e. The molecule has 0 bridgehead atoms. The van der Waals surface area contributed by atoms with Gasteiger partial charge in [-0.25, -0.2) is 9.59 Å². The fraction of sp³-hybridized carbons (Fsp3) is 0.259. The second-order valence-corrected chi connectivity index (χ2v) is 7.14. The van der Waals surface area contributed by atoms with E-state index in [2.05, 4.69) is 13.2 Å². The summed E-state index contributed by atoms with van der Waals surface area (Å²) in [6, 6.07) is 15.4. The number of carbonyl (C=O) groups is 2. The number of rotatable bonds is 15. The summed E-state index contributed by atoms with van der Waals surface area (Å²) in [6.07, 6.45) is 6.28. The van der Waals surface area contributed by atoms with Crippen molar-refractivity contribution in [3.8, 4) is 11.5 Å². The van der Waals surface area contributed by atoms with Crippen LogP contribution < -0.4 is 9.47 Å². The Balaban J connectivity index is 1.68. The molecule has 0 aliphatic heterocycles. The average Bonchev–Trinajstić information content (AvgIpc) is 2.87. The second-order valence-electron chi connectivity index (χ2n) is 7.14. The maximum absolute atomic E-state index is 11.4. The number of hydrogen-bond donors (Lipinski definition) is 1. The lowest BCUT2D eigenvalue weighted by Crippen LogP contribution is -2.12. The molecule has 0 spiro atoms. The third-order valence-corrected chi connectivity index (χ3v) is 4.47. The third-order valence-electron chi connectivity index (χ3n) is 4.47. The molecule has 180 valence electrons. The number of carbonyl (C=O) groups excluding carboxylic acids is 2. The van der Waals surface area contributed by atoms with Crippen LogP contribution in [0.4, 0.5) is 0 Å². The Labute approximate surface area is 199 Å². The van der Waals surface area contributed by atoms with Crippen LogP contribution in [0.25, 0.3) is 12.2 Å². The molecule has 0 atom stereocenters. The molecular weight excluding hydrogens is 436 g/mol. The normalized spacial score (nSPS) is 10.5. The van der Waals surface area contributed by atoms with Crippen LogP contribution in [0.2, 0.25) is 0 Å². The lowest BCUT2D eigenvalue weighted by molar-refractivity contribution is -0.140. The molecule has 0 aliphatic rings. The number of ether oxygens (including phenoxy) is 4. The first-order valence-corrected chi connectivity index (χ1v) is 10.9. The van der Waals surface area contributed by atoms with Gasteiger partial charge in [0.05, 0.1) is 38.6 Å². The summed E-state index contributed by atoms with van der Waals surface area (Å²) in [4.78, 5) is 22.3. The van der Waals surface area contributed by atoms with Crippen molar-refractivity contribution in [2.24, 2.45) is 0 Å². The molecule has 0 aromatic heterocycles. The molecule has 2 aromatic carbocycles. The Morgan fingerprint density at radius 1 is 0.765 bits per heavy atom. The largest absolute Gasteiger partial charge is 0.493 e. The minimum absolute atomic E-state index is 0.0366. The molecule has 1 N–H and O–H groups in total. The Morgan fingerprint density at radius 3 is 1.68 bits per heavy atom. The van der Waals surface area contributed by atoms with E-state index in [1.807, 2.05) is 60.7 Å². The van der Waals surface area contributed by atoms with Crippen molar-refractivity contribution >= 4 is 24.1 Å². The van der Waals surface area contributed by atoms with Gasteiger partial charge in [-0.05, 0) is 35.4 Å². The highest BCUT2D eigenvalue weighted by molar-refractivity contribution is 5.87. The molecule has 0 aliphatic carbocycles. The smallest absolute Gasteiger partial charge is 0.335 e. The van der Waals surface area contributed by atoms with Crippen molar-refractivity contribution in [1.82, 2.24) is 0 Å². The Bertz CT molecular complexity index is 959. The van der Waals surface area contributed by atoms with Crippen LogP contribution in [-0.4, -0.2) is 50.1 Å². The summed E-state index contributed by atoms with van der Waals surface area (Å²) >= 11 is 0. The fourth-order valence-electron chi connectivity index (χ4n) is 2.60. The molecular formula is C27H30O7. The number of benzene rings is 2. The monoisotopic (exact) mass is 466 g/mol. The standard InChI is InChI=1S/C27H30O7/c1-3-26(29)33-18-4-16-31-24-12-8-22(9-13-24)6-7-23-10-14-25(15-11-23)32-17-5-19-34-27(30)21(2)20-28/h3,6-15,28H,1-2,4-5,16-20H2/b7-6+. The molecule has 7 heteroatoms. The minimum atomic E-state index is -0.593. The number of aliphatic hydroxyl groups excluding tert-OH is 1. The highest BCUT2D eigenvalue weighted by atomic mass is 16.5. The van der Waals surface area contributed by atoms with Gasteiger partial charge >= 0.3 is 11.9 Å². The van der Waals surface area contributed by atoms with Crippen LogP contribution in [0.3, 0.4) is 0 Å². The van der Waals surface area contributed by atoms with Crippen molar-refractivity contribution < 1.29 is 33.6 Å². The molecule has 2 aromatic rings. The molecule has 0 unspecified atom stereocenters. The zero-order valence-corrected chi connectivity index (χ0v) is 19.1. The van der Waals surface area contributed by atoms with Crippen LogP contribution in [0, 0.1) is 0 Å². The van der Waals surface area contributed by atoms with Gasteiger partial charge < -0.3 is 24.1 Å². The van der Waals surface area contributed by atoms with Gasteiger partial charge in [-0.2, -0.15) is 0 Å². The fourth-order valence-corrected chi connectivity index (χ4v) is 2.60. The lowest BCUT2D eigenvalue weighted by atomic mass is 10.1. The topological polar surface area (TPSA) is 91.3 Å². The van der Waals surface area contributed by atoms with Gasteiger partial charge in [0, 0.05) is 18.9 Å². The molecule has 0 saturated heterocycles. The average molecular weight is 467 g/mol. The molecule has 34 heavy (non-hydrogen) atoms. The predicted octanol–water partition coefficient (Wildman–Crippen LogP) is 4.22. The van der Waals surface area contributed by atoms with E-state index >= 15 is 0 Å². The summed E-state index contributed by atoms with van der Waals surface area (Å²) in [6.45, 7) is 7.70.